The number of H-pyrrole nitrogens is 1. The first kappa shape index (κ1) is 25.0. The molecule has 1 N–H and O–H groups in total. The van der Waals surface area contributed by atoms with E-state index in [1.54, 1.807) is 4.90 Å². The van der Waals surface area contributed by atoms with Gasteiger partial charge in [-0.15, -0.1) is 0 Å². The predicted molar refractivity (Wildman–Crippen MR) is 151 cm³/mol. The molecule has 0 aliphatic heterocycles. The summed E-state index contributed by atoms with van der Waals surface area (Å²) < 4.78 is 0. The molecule has 0 bridgehead atoms. The normalized spacial score (nSPS) is 14.9. The molecule has 1 unspecified atom stereocenters. The number of aromatic nitrogens is 1. The van der Waals surface area contributed by atoms with E-state index in [-0.39, 0.29) is 18.1 Å². The van der Waals surface area contributed by atoms with Gasteiger partial charge in [-0.05, 0) is 47.2 Å². The smallest absolute Gasteiger partial charge is 0.232 e. The van der Waals surface area contributed by atoms with Crippen LogP contribution in [0.3, 0.4) is 0 Å². The molecule has 1 amide bonds. The zero-order valence-electron chi connectivity index (χ0n) is 21.7. The number of Topliss-reactive ketones (excluding diaryl/α,β-unsaturated/α-hetero) is 1. The van der Waals surface area contributed by atoms with E-state index in [9.17, 15) is 9.59 Å². The lowest BCUT2D eigenvalue weighted by Gasteiger charge is -2.33. The molecule has 3 aromatic carbocycles. The molecule has 0 spiro atoms. The minimum absolute atomic E-state index is 0.0717. The highest BCUT2D eigenvalue weighted by atomic mass is 16.2. The Morgan fingerprint density at radius 1 is 0.892 bits per heavy atom. The summed E-state index contributed by atoms with van der Waals surface area (Å²) in [6.07, 6.45) is 9.42. The second-order valence-corrected chi connectivity index (χ2v) is 10.3. The Morgan fingerprint density at radius 3 is 2.32 bits per heavy atom. The Hall–Kier alpha value is -3.66. The quantitative estimate of drug-likeness (QED) is 0.262. The molecule has 4 aromatic rings. The van der Waals surface area contributed by atoms with Gasteiger partial charge in [-0.25, -0.2) is 0 Å². The molecule has 1 heterocycles. The Kier molecular flexibility index (Phi) is 7.84. The number of hydrogen-bond donors (Lipinski definition) is 1. The summed E-state index contributed by atoms with van der Waals surface area (Å²) in [5.74, 6) is 0.463. The number of rotatable bonds is 9. The molecule has 1 fully saturated rings. The Morgan fingerprint density at radius 2 is 1.59 bits per heavy atom. The van der Waals surface area contributed by atoms with Gasteiger partial charge in [0.2, 0.25) is 5.91 Å². The first-order valence-corrected chi connectivity index (χ1v) is 13.7. The molecular weight excluding hydrogens is 456 g/mol. The number of nitrogens with one attached hydrogen (secondary N) is 1. The van der Waals surface area contributed by atoms with Crippen LogP contribution in [0.1, 0.15) is 68.2 Å². The number of carbonyl (C=O) groups excluding carboxylic acids is 2. The van der Waals surface area contributed by atoms with Crippen molar-refractivity contribution < 1.29 is 9.59 Å². The Bertz CT molecular complexity index is 1330. The predicted octanol–water partition coefficient (Wildman–Crippen LogP) is 7.59. The van der Waals surface area contributed by atoms with Crippen molar-refractivity contribution >= 4 is 28.3 Å². The van der Waals surface area contributed by atoms with Crippen molar-refractivity contribution in [2.45, 2.75) is 64.3 Å². The molecule has 1 atom stereocenters. The molecule has 1 aromatic heterocycles. The van der Waals surface area contributed by atoms with E-state index < -0.39 is 6.04 Å². The number of nitrogens with zero attached hydrogens (tertiary/aromatic N) is 1. The summed E-state index contributed by atoms with van der Waals surface area (Å²) in [5.41, 5.74) is 4.82. The molecule has 190 valence electrons. The third-order valence-electron chi connectivity index (χ3n) is 7.80. The Balaban J connectivity index is 1.54. The maximum Gasteiger partial charge on any atom is 0.232 e. The lowest BCUT2D eigenvalue weighted by atomic mass is 9.83. The highest BCUT2D eigenvalue weighted by Gasteiger charge is 2.34. The molecule has 4 heteroatoms. The van der Waals surface area contributed by atoms with Crippen LogP contribution >= 0.6 is 0 Å². The second kappa shape index (κ2) is 11.6. The SMILES string of the molecule is CCc1ccc(C(C(=O)CC2CCCCC2)N(C(=O)Cc2c[nH]c3ccccc23)c2ccccc2)cc1. The van der Waals surface area contributed by atoms with Crippen molar-refractivity contribution in [2.75, 3.05) is 4.90 Å². The van der Waals surface area contributed by atoms with Crippen LogP contribution in [0.5, 0.6) is 0 Å². The average Bonchev–Trinajstić information content (AvgIpc) is 3.35. The van der Waals surface area contributed by atoms with E-state index in [0.717, 1.165) is 47.0 Å². The largest absolute Gasteiger partial charge is 0.361 e. The number of benzene rings is 3. The van der Waals surface area contributed by atoms with Gasteiger partial charge in [-0.1, -0.05) is 99.7 Å². The zero-order chi connectivity index (χ0) is 25.6. The number of fused-ring (bicyclic) bond motifs is 1. The summed E-state index contributed by atoms with van der Waals surface area (Å²) in [6, 6.07) is 25.3. The number of amides is 1. The number of ketones is 1. The standard InChI is InChI=1S/C33H36N2O2/c1-2-24-17-19-26(20-18-24)33(31(36)21-25-11-5-3-6-12-25)35(28-13-7-4-8-14-28)32(37)22-27-23-34-30-16-10-9-15-29(27)30/h4,7-10,13-20,23,25,33-34H,2-3,5-6,11-12,21-22H2,1H3. The molecule has 0 saturated heterocycles. The lowest BCUT2D eigenvalue weighted by Crippen LogP contribution is -2.40. The van der Waals surface area contributed by atoms with E-state index >= 15 is 0 Å². The van der Waals surface area contributed by atoms with Crippen molar-refractivity contribution in [1.29, 1.82) is 0 Å². The molecule has 5 rings (SSSR count). The topological polar surface area (TPSA) is 53.2 Å². The van der Waals surface area contributed by atoms with Crippen LogP contribution < -0.4 is 4.90 Å². The van der Waals surface area contributed by atoms with E-state index in [4.69, 9.17) is 0 Å². The number of aromatic amines is 1. The van der Waals surface area contributed by atoms with Crippen LogP contribution in [0, 0.1) is 5.92 Å². The number of para-hydroxylation sites is 2. The van der Waals surface area contributed by atoms with Crippen molar-refractivity contribution in [2.24, 2.45) is 5.92 Å². The molecule has 4 nitrogen and oxygen atoms in total. The fourth-order valence-corrected chi connectivity index (χ4v) is 5.75. The highest BCUT2D eigenvalue weighted by Crippen LogP contribution is 2.34. The van der Waals surface area contributed by atoms with Crippen LogP contribution in [-0.4, -0.2) is 16.7 Å². The van der Waals surface area contributed by atoms with E-state index in [0.29, 0.717) is 12.3 Å². The third-order valence-corrected chi connectivity index (χ3v) is 7.80. The fraction of sp³-hybridized carbons (Fsp3) is 0.333. The summed E-state index contributed by atoms with van der Waals surface area (Å²) in [7, 11) is 0. The van der Waals surface area contributed by atoms with Crippen LogP contribution in [0.15, 0.2) is 85.1 Å². The molecular formula is C33H36N2O2. The summed E-state index contributed by atoms with van der Waals surface area (Å²) in [6.45, 7) is 2.13. The van der Waals surface area contributed by atoms with Gasteiger partial charge in [0, 0.05) is 29.2 Å². The first-order valence-electron chi connectivity index (χ1n) is 13.7. The fourth-order valence-electron chi connectivity index (χ4n) is 5.75. The molecule has 0 radical (unpaired) electrons. The van der Waals surface area contributed by atoms with Crippen molar-refractivity contribution in [3.63, 3.8) is 0 Å². The maximum absolute atomic E-state index is 14.1. The number of carbonyl (C=O) groups is 2. The van der Waals surface area contributed by atoms with Crippen LogP contribution in [0.25, 0.3) is 10.9 Å². The van der Waals surface area contributed by atoms with Gasteiger partial charge in [0.1, 0.15) is 6.04 Å². The highest BCUT2D eigenvalue weighted by molar-refractivity contribution is 6.04. The van der Waals surface area contributed by atoms with Gasteiger partial charge >= 0.3 is 0 Å². The molecule has 37 heavy (non-hydrogen) atoms. The van der Waals surface area contributed by atoms with Gasteiger partial charge in [0.15, 0.2) is 5.78 Å². The van der Waals surface area contributed by atoms with Crippen molar-refractivity contribution in [3.05, 3.63) is 102 Å². The first-order chi connectivity index (χ1) is 18.1. The summed E-state index contributed by atoms with van der Waals surface area (Å²) in [5, 5.41) is 1.04. The minimum Gasteiger partial charge on any atom is -0.361 e. The van der Waals surface area contributed by atoms with Gasteiger partial charge in [0.05, 0.1) is 6.42 Å². The monoisotopic (exact) mass is 492 g/mol. The van der Waals surface area contributed by atoms with Crippen LogP contribution in [0.4, 0.5) is 5.69 Å². The Labute approximate surface area is 219 Å². The number of aryl methyl sites for hydroxylation is 1. The average molecular weight is 493 g/mol. The zero-order valence-corrected chi connectivity index (χ0v) is 21.7. The van der Waals surface area contributed by atoms with E-state index in [2.05, 4.69) is 24.0 Å². The summed E-state index contributed by atoms with van der Waals surface area (Å²) in [4.78, 5) is 33.3. The van der Waals surface area contributed by atoms with Gasteiger partial charge in [-0.2, -0.15) is 0 Å². The summed E-state index contributed by atoms with van der Waals surface area (Å²) >= 11 is 0. The molecule has 1 aliphatic carbocycles. The van der Waals surface area contributed by atoms with Crippen LogP contribution in [0.2, 0.25) is 0 Å². The molecule has 1 saturated carbocycles. The van der Waals surface area contributed by atoms with Gasteiger partial charge < -0.3 is 4.98 Å². The maximum atomic E-state index is 14.1. The third kappa shape index (κ3) is 5.69. The van der Waals surface area contributed by atoms with E-state index in [1.807, 2.05) is 72.9 Å². The second-order valence-electron chi connectivity index (χ2n) is 10.3. The van der Waals surface area contributed by atoms with Gasteiger partial charge in [-0.3, -0.25) is 14.5 Å². The molecule has 1 aliphatic rings. The van der Waals surface area contributed by atoms with E-state index in [1.165, 1.54) is 24.8 Å². The minimum atomic E-state index is -0.645. The van der Waals surface area contributed by atoms with Crippen molar-refractivity contribution in [1.82, 2.24) is 4.98 Å². The number of anilines is 1. The lowest BCUT2D eigenvalue weighted by molar-refractivity contribution is -0.125. The van der Waals surface area contributed by atoms with Gasteiger partial charge in [0.25, 0.3) is 0 Å². The van der Waals surface area contributed by atoms with Crippen LogP contribution in [-0.2, 0) is 22.4 Å². The number of hydrogen-bond acceptors (Lipinski definition) is 2. The van der Waals surface area contributed by atoms with Crippen molar-refractivity contribution in [3.8, 4) is 0 Å².